The van der Waals surface area contributed by atoms with Crippen LogP contribution in [-0.2, 0) is 20.3 Å². The summed E-state index contributed by atoms with van der Waals surface area (Å²) in [6.45, 7) is 6.26. The van der Waals surface area contributed by atoms with Gasteiger partial charge in [0.25, 0.3) is 0 Å². The smallest absolute Gasteiger partial charge is 0.145 e. The minimum atomic E-state index is 0.375. The maximum Gasteiger partial charge on any atom is 0.145 e. The van der Waals surface area contributed by atoms with E-state index < -0.39 is 0 Å². The molecule has 0 radical (unpaired) electrons. The summed E-state index contributed by atoms with van der Waals surface area (Å²) in [6, 6.07) is 8.37. The third-order valence-corrected chi connectivity index (χ3v) is 2.72. The molecule has 106 valence electrons. The van der Waals surface area contributed by atoms with E-state index in [0.29, 0.717) is 6.10 Å². The van der Waals surface area contributed by atoms with Crippen LogP contribution in [0.15, 0.2) is 30.8 Å². The third-order valence-electron chi connectivity index (χ3n) is 2.72. The van der Waals surface area contributed by atoms with Gasteiger partial charge in [-0.3, -0.25) is 0 Å². The molecule has 0 spiro atoms. The molecule has 0 aromatic heterocycles. The maximum absolute atomic E-state index is 5.50. The Morgan fingerprint density at radius 3 is 2.79 bits per heavy atom. The number of aryl methyl sites for hydroxylation is 1. The molecule has 1 unspecified atom stereocenters. The molecule has 0 aliphatic carbocycles. The summed E-state index contributed by atoms with van der Waals surface area (Å²) in [6.07, 6.45) is 4.39. The normalized spacial score (nSPS) is 16.6. The van der Waals surface area contributed by atoms with Crippen LogP contribution in [-0.4, -0.2) is 43.5 Å². The minimum absolute atomic E-state index is 0.375. The molecule has 1 aliphatic heterocycles. The summed E-state index contributed by atoms with van der Waals surface area (Å²) in [7, 11) is 2.56. The number of ether oxygens (including phenoxy) is 2. The van der Waals surface area contributed by atoms with Crippen molar-refractivity contribution in [3.05, 3.63) is 42.0 Å². The fraction of sp³-hybridized carbons (Fsp3) is 0.467. The molecule has 0 bridgehead atoms. The SMILES string of the molecule is C=Cc1ccccc1CCCOCC1CO1.CO[SiH3]. The lowest BCUT2D eigenvalue weighted by Gasteiger charge is -2.06. The van der Waals surface area contributed by atoms with Gasteiger partial charge in [0.15, 0.2) is 0 Å². The third kappa shape index (κ3) is 7.27. The molecule has 1 heterocycles. The summed E-state index contributed by atoms with van der Waals surface area (Å²) in [5, 5.41) is 0. The molecule has 1 aromatic carbocycles. The lowest BCUT2D eigenvalue weighted by Crippen LogP contribution is -2.03. The second kappa shape index (κ2) is 9.92. The van der Waals surface area contributed by atoms with Gasteiger partial charge in [0.05, 0.1) is 13.2 Å². The zero-order valence-electron chi connectivity index (χ0n) is 11.9. The fourth-order valence-corrected chi connectivity index (χ4v) is 1.70. The number of benzene rings is 1. The molecule has 19 heavy (non-hydrogen) atoms. The largest absolute Gasteiger partial charge is 0.431 e. The average Bonchev–Trinajstić information content (AvgIpc) is 3.24. The highest BCUT2D eigenvalue weighted by Crippen LogP contribution is 2.13. The monoisotopic (exact) mass is 280 g/mol. The van der Waals surface area contributed by atoms with Crippen LogP contribution in [0.25, 0.3) is 6.08 Å². The van der Waals surface area contributed by atoms with E-state index in [1.54, 1.807) is 7.11 Å². The van der Waals surface area contributed by atoms with Gasteiger partial charge >= 0.3 is 0 Å². The van der Waals surface area contributed by atoms with Crippen molar-refractivity contribution in [2.45, 2.75) is 18.9 Å². The molecule has 1 saturated heterocycles. The second-order valence-electron chi connectivity index (χ2n) is 4.44. The van der Waals surface area contributed by atoms with E-state index in [2.05, 4.69) is 29.2 Å². The lowest BCUT2D eigenvalue weighted by molar-refractivity contribution is 0.114. The molecule has 1 fully saturated rings. The molecule has 1 aromatic rings. The van der Waals surface area contributed by atoms with Gasteiger partial charge in [0, 0.05) is 13.7 Å². The van der Waals surface area contributed by atoms with Crippen molar-refractivity contribution < 1.29 is 13.9 Å². The Bertz CT molecular complexity index is 364. The van der Waals surface area contributed by atoms with Crippen molar-refractivity contribution in [1.82, 2.24) is 0 Å². The first-order valence-electron chi connectivity index (χ1n) is 6.61. The Labute approximate surface area is 119 Å². The maximum atomic E-state index is 5.50. The first-order valence-corrected chi connectivity index (χ1v) is 7.43. The predicted molar refractivity (Wildman–Crippen MR) is 82.4 cm³/mol. The van der Waals surface area contributed by atoms with Crippen molar-refractivity contribution in [2.24, 2.45) is 0 Å². The Hall–Kier alpha value is -0.943. The van der Waals surface area contributed by atoms with Crippen LogP contribution in [0, 0.1) is 0 Å². The summed E-state index contributed by atoms with van der Waals surface area (Å²) in [5.74, 6) is 0. The van der Waals surface area contributed by atoms with Crippen LogP contribution >= 0.6 is 0 Å². The highest BCUT2D eigenvalue weighted by Gasteiger charge is 2.21. The first kappa shape index (κ1) is 16.1. The van der Waals surface area contributed by atoms with Crippen molar-refractivity contribution >= 4 is 16.6 Å². The molecule has 0 amide bonds. The second-order valence-corrected chi connectivity index (χ2v) is 5.26. The predicted octanol–water partition coefficient (Wildman–Crippen LogP) is 1.59. The van der Waals surface area contributed by atoms with Gasteiger partial charge in [-0.2, -0.15) is 0 Å². The van der Waals surface area contributed by atoms with Gasteiger partial charge in [-0.15, -0.1) is 0 Å². The molecule has 0 N–H and O–H groups in total. The molecule has 3 nitrogen and oxygen atoms in total. The Balaban J connectivity index is 0.000000550. The molecule has 1 atom stereocenters. The standard InChI is InChI=1S/C14H18O2.CH6OSi/c1-2-12-6-3-4-7-13(12)8-5-9-15-10-14-11-16-14;1-2-3/h2-4,6-7,14H,1,5,8-11H2;1,3H3. The van der Waals surface area contributed by atoms with E-state index in [1.165, 1.54) is 11.1 Å². The van der Waals surface area contributed by atoms with E-state index in [-0.39, 0.29) is 0 Å². The van der Waals surface area contributed by atoms with Crippen LogP contribution in [0.3, 0.4) is 0 Å². The van der Waals surface area contributed by atoms with Gasteiger partial charge in [-0.1, -0.05) is 36.9 Å². The van der Waals surface area contributed by atoms with E-state index in [4.69, 9.17) is 9.47 Å². The Morgan fingerprint density at radius 2 is 2.16 bits per heavy atom. The van der Waals surface area contributed by atoms with E-state index in [9.17, 15) is 0 Å². The summed E-state index contributed by atoms with van der Waals surface area (Å²) in [4.78, 5) is 0. The Kier molecular flexibility index (Phi) is 8.41. The van der Waals surface area contributed by atoms with E-state index in [1.807, 2.05) is 12.1 Å². The van der Waals surface area contributed by atoms with Crippen molar-refractivity contribution in [3.8, 4) is 0 Å². The van der Waals surface area contributed by atoms with Crippen LogP contribution in [0.2, 0.25) is 0 Å². The topological polar surface area (TPSA) is 31.0 Å². The summed E-state index contributed by atoms with van der Waals surface area (Å²) in [5.41, 5.74) is 2.58. The molecule has 0 saturated carbocycles. The Morgan fingerprint density at radius 1 is 1.47 bits per heavy atom. The summed E-state index contributed by atoms with van der Waals surface area (Å²) >= 11 is 0. The van der Waals surface area contributed by atoms with Gasteiger partial charge in [0.1, 0.15) is 16.6 Å². The lowest BCUT2D eigenvalue weighted by atomic mass is 10.0. The number of hydrogen-bond acceptors (Lipinski definition) is 3. The molecular formula is C15H24O3Si. The van der Waals surface area contributed by atoms with Gasteiger partial charge in [0.2, 0.25) is 0 Å². The summed E-state index contributed by atoms with van der Waals surface area (Å²) < 4.78 is 15.0. The molecule has 2 rings (SSSR count). The van der Waals surface area contributed by atoms with Crippen molar-refractivity contribution in [1.29, 1.82) is 0 Å². The number of hydrogen-bond donors (Lipinski definition) is 0. The quantitative estimate of drug-likeness (QED) is 0.432. The van der Waals surface area contributed by atoms with Crippen molar-refractivity contribution in [3.63, 3.8) is 0 Å². The van der Waals surface area contributed by atoms with E-state index >= 15 is 0 Å². The van der Waals surface area contributed by atoms with Crippen LogP contribution in [0.4, 0.5) is 0 Å². The zero-order valence-corrected chi connectivity index (χ0v) is 13.9. The number of rotatable bonds is 7. The van der Waals surface area contributed by atoms with Gasteiger partial charge < -0.3 is 13.9 Å². The highest BCUT2D eigenvalue weighted by molar-refractivity contribution is 5.97. The minimum Gasteiger partial charge on any atom is -0.431 e. The average molecular weight is 280 g/mol. The molecule has 4 heteroatoms. The van der Waals surface area contributed by atoms with Gasteiger partial charge in [-0.05, 0) is 24.0 Å². The van der Waals surface area contributed by atoms with E-state index in [0.717, 1.165) is 43.1 Å². The van der Waals surface area contributed by atoms with Crippen LogP contribution in [0.5, 0.6) is 0 Å². The zero-order chi connectivity index (χ0) is 13.9. The molecule has 1 aliphatic rings. The van der Waals surface area contributed by atoms with Gasteiger partial charge in [-0.25, -0.2) is 0 Å². The van der Waals surface area contributed by atoms with Crippen LogP contribution < -0.4 is 0 Å². The highest BCUT2D eigenvalue weighted by atomic mass is 28.2. The fourth-order valence-electron chi connectivity index (χ4n) is 1.70. The molecular weight excluding hydrogens is 256 g/mol. The number of epoxide rings is 1. The van der Waals surface area contributed by atoms with Crippen LogP contribution in [0.1, 0.15) is 17.5 Å². The van der Waals surface area contributed by atoms with Crippen molar-refractivity contribution in [2.75, 3.05) is 26.9 Å². The first-order chi connectivity index (χ1) is 9.31.